The summed E-state index contributed by atoms with van der Waals surface area (Å²) in [5.74, 6) is 0.103. The van der Waals surface area contributed by atoms with Crippen LogP contribution in [0.1, 0.15) is 5.56 Å². The molecule has 2 aromatic rings. The van der Waals surface area contributed by atoms with Crippen molar-refractivity contribution >= 4 is 37.7 Å². The van der Waals surface area contributed by atoms with Crippen LogP contribution in [0.4, 0.5) is 10.2 Å². The molecule has 0 aliphatic heterocycles. The Hall–Kier alpha value is -1.14. The van der Waals surface area contributed by atoms with Crippen LogP contribution in [0.25, 0.3) is 0 Å². The Kier molecular flexibility index (Phi) is 4.19. The Morgan fingerprint density at radius 2 is 1.89 bits per heavy atom. The van der Waals surface area contributed by atoms with Gasteiger partial charge in [0.05, 0.1) is 8.95 Å². The fourth-order valence-corrected chi connectivity index (χ4v) is 2.70. The van der Waals surface area contributed by atoms with Crippen LogP contribution in [0.3, 0.4) is 0 Å². The number of aromatic nitrogens is 1. The normalized spacial score (nSPS) is 10.4. The Morgan fingerprint density at radius 1 is 1.22 bits per heavy atom. The number of nitrogens with one attached hydrogen (secondary N) is 1. The Labute approximate surface area is 120 Å². The number of phenolic OH excluding ortho intramolecular Hbond substituents is 1. The standard InChI is InChI=1S/C12H9Br2FN2O/c13-8-4-7(5-9(14)12(8)18)6-16-11-3-1-2-10(15)17-11/h1-5,18H,6H2,(H,16,17). The summed E-state index contributed by atoms with van der Waals surface area (Å²) in [5.41, 5.74) is 0.928. The lowest BCUT2D eigenvalue weighted by Crippen LogP contribution is -2.02. The molecule has 0 amide bonds. The molecule has 18 heavy (non-hydrogen) atoms. The van der Waals surface area contributed by atoms with E-state index in [0.717, 1.165) is 5.56 Å². The molecule has 0 saturated heterocycles. The van der Waals surface area contributed by atoms with Crippen LogP contribution < -0.4 is 5.32 Å². The molecular formula is C12H9Br2FN2O. The summed E-state index contributed by atoms with van der Waals surface area (Å²) in [6.45, 7) is 0.480. The topological polar surface area (TPSA) is 45.1 Å². The minimum absolute atomic E-state index is 0.155. The molecular weight excluding hydrogens is 367 g/mol. The highest BCUT2D eigenvalue weighted by atomic mass is 79.9. The van der Waals surface area contributed by atoms with Crippen molar-refractivity contribution < 1.29 is 9.50 Å². The van der Waals surface area contributed by atoms with E-state index in [1.54, 1.807) is 24.3 Å². The summed E-state index contributed by atoms with van der Waals surface area (Å²) < 4.78 is 14.1. The van der Waals surface area contributed by atoms with E-state index in [9.17, 15) is 9.50 Å². The van der Waals surface area contributed by atoms with Gasteiger partial charge in [-0.15, -0.1) is 0 Å². The Morgan fingerprint density at radius 3 is 2.50 bits per heavy atom. The van der Waals surface area contributed by atoms with E-state index in [2.05, 4.69) is 42.2 Å². The van der Waals surface area contributed by atoms with Crippen molar-refractivity contribution in [1.29, 1.82) is 0 Å². The van der Waals surface area contributed by atoms with E-state index in [0.29, 0.717) is 21.3 Å². The molecule has 1 aromatic heterocycles. The third-order valence-electron chi connectivity index (χ3n) is 2.27. The molecule has 0 spiro atoms. The van der Waals surface area contributed by atoms with Gasteiger partial charge in [-0.05, 0) is 61.7 Å². The number of aromatic hydroxyl groups is 1. The molecule has 0 aliphatic rings. The lowest BCUT2D eigenvalue weighted by Gasteiger charge is -2.08. The molecule has 3 nitrogen and oxygen atoms in total. The molecule has 1 aromatic carbocycles. The number of hydrogen-bond acceptors (Lipinski definition) is 3. The maximum atomic E-state index is 12.9. The van der Waals surface area contributed by atoms with Crippen molar-refractivity contribution in [3.8, 4) is 5.75 Å². The first-order chi connectivity index (χ1) is 8.56. The largest absolute Gasteiger partial charge is 0.506 e. The van der Waals surface area contributed by atoms with Gasteiger partial charge in [0.15, 0.2) is 0 Å². The second-order valence-electron chi connectivity index (χ2n) is 3.61. The predicted molar refractivity (Wildman–Crippen MR) is 75.0 cm³/mol. The lowest BCUT2D eigenvalue weighted by molar-refractivity contribution is 0.468. The number of rotatable bonds is 3. The van der Waals surface area contributed by atoms with Crippen LogP contribution in [0.2, 0.25) is 0 Å². The van der Waals surface area contributed by atoms with Crippen LogP contribution >= 0.6 is 31.9 Å². The maximum absolute atomic E-state index is 12.9. The molecule has 94 valence electrons. The number of benzene rings is 1. The monoisotopic (exact) mass is 374 g/mol. The van der Waals surface area contributed by atoms with Crippen LogP contribution in [-0.4, -0.2) is 10.1 Å². The second-order valence-corrected chi connectivity index (χ2v) is 5.32. The Balaban J connectivity index is 2.11. The van der Waals surface area contributed by atoms with E-state index < -0.39 is 5.95 Å². The van der Waals surface area contributed by atoms with Crippen LogP contribution in [0, 0.1) is 5.95 Å². The van der Waals surface area contributed by atoms with Gasteiger partial charge in [-0.2, -0.15) is 4.39 Å². The average molecular weight is 376 g/mol. The van der Waals surface area contributed by atoms with Crippen LogP contribution in [0.15, 0.2) is 39.3 Å². The number of hydrogen-bond donors (Lipinski definition) is 2. The van der Waals surface area contributed by atoms with Crippen LogP contribution in [0.5, 0.6) is 5.75 Å². The number of halogens is 3. The summed E-state index contributed by atoms with van der Waals surface area (Å²) >= 11 is 6.50. The van der Waals surface area contributed by atoms with E-state index in [1.807, 2.05) is 0 Å². The first-order valence-corrected chi connectivity index (χ1v) is 6.68. The smallest absolute Gasteiger partial charge is 0.214 e. The first kappa shape index (κ1) is 13.3. The van der Waals surface area contributed by atoms with Crippen molar-refractivity contribution in [3.63, 3.8) is 0 Å². The average Bonchev–Trinajstić information content (AvgIpc) is 2.33. The molecule has 1 heterocycles. The zero-order chi connectivity index (χ0) is 13.1. The maximum Gasteiger partial charge on any atom is 0.214 e. The van der Waals surface area contributed by atoms with Gasteiger partial charge in [-0.3, -0.25) is 0 Å². The van der Waals surface area contributed by atoms with Gasteiger partial charge >= 0.3 is 0 Å². The molecule has 0 radical (unpaired) electrons. The van der Waals surface area contributed by atoms with Gasteiger partial charge in [0.25, 0.3) is 0 Å². The molecule has 0 atom stereocenters. The molecule has 0 unspecified atom stereocenters. The van der Waals surface area contributed by atoms with Gasteiger partial charge in [-0.25, -0.2) is 4.98 Å². The summed E-state index contributed by atoms with van der Waals surface area (Å²) in [6.07, 6.45) is 0. The number of anilines is 1. The number of nitrogens with zero attached hydrogens (tertiary/aromatic N) is 1. The van der Waals surface area contributed by atoms with Gasteiger partial charge < -0.3 is 10.4 Å². The minimum atomic E-state index is -0.520. The van der Waals surface area contributed by atoms with Crippen molar-refractivity contribution in [2.45, 2.75) is 6.54 Å². The number of phenols is 1. The minimum Gasteiger partial charge on any atom is -0.506 e. The lowest BCUT2D eigenvalue weighted by atomic mass is 10.2. The SMILES string of the molecule is Oc1c(Br)cc(CNc2cccc(F)n2)cc1Br. The first-order valence-electron chi connectivity index (χ1n) is 5.09. The molecule has 0 bridgehead atoms. The molecule has 2 rings (SSSR count). The zero-order valence-electron chi connectivity index (χ0n) is 9.12. The molecule has 0 fully saturated rings. The van der Waals surface area contributed by atoms with Crippen LogP contribution in [-0.2, 0) is 6.54 Å². The van der Waals surface area contributed by atoms with Gasteiger partial charge in [-0.1, -0.05) is 6.07 Å². The molecule has 6 heteroatoms. The Bertz CT molecular complexity index is 555. The second kappa shape index (κ2) is 5.67. The quantitative estimate of drug-likeness (QED) is 0.795. The molecule has 0 aliphatic carbocycles. The zero-order valence-corrected chi connectivity index (χ0v) is 12.3. The van der Waals surface area contributed by atoms with Crippen molar-refractivity contribution in [2.75, 3.05) is 5.32 Å². The van der Waals surface area contributed by atoms with Crippen molar-refractivity contribution in [2.24, 2.45) is 0 Å². The van der Waals surface area contributed by atoms with Crippen molar-refractivity contribution in [3.05, 3.63) is 50.8 Å². The highest BCUT2D eigenvalue weighted by molar-refractivity contribution is 9.11. The summed E-state index contributed by atoms with van der Waals surface area (Å²) in [4.78, 5) is 3.70. The van der Waals surface area contributed by atoms with E-state index in [4.69, 9.17) is 0 Å². The van der Waals surface area contributed by atoms with Gasteiger partial charge in [0.1, 0.15) is 11.6 Å². The third-order valence-corrected chi connectivity index (χ3v) is 3.47. The number of pyridine rings is 1. The van der Waals surface area contributed by atoms with Gasteiger partial charge in [0, 0.05) is 6.54 Å². The highest BCUT2D eigenvalue weighted by Gasteiger charge is 2.06. The third kappa shape index (κ3) is 3.20. The van der Waals surface area contributed by atoms with Crippen molar-refractivity contribution in [1.82, 2.24) is 4.98 Å². The van der Waals surface area contributed by atoms with E-state index in [-0.39, 0.29) is 5.75 Å². The fourth-order valence-electron chi connectivity index (χ4n) is 1.42. The summed E-state index contributed by atoms with van der Waals surface area (Å²) in [7, 11) is 0. The summed E-state index contributed by atoms with van der Waals surface area (Å²) in [5, 5.41) is 12.6. The molecule has 0 saturated carbocycles. The summed E-state index contributed by atoms with van der Waals surface area (Å²) in [6, 6.07) is 8.14. The fraction of sp³-hybridized carbons (Fsp3) is 0.0833. The molecule has 2 N–H and O–H groups in total. The predicted octanol–water partition coefficient (Wildman–Crippen LogP) is 4.06. The van der Waals surface area contributed by atoms with E-state index >= 15 is 0 Å². The highest BCUT2D eigenvalue weighted by Crippen LogP contribution is 2.33. The van der Waals surface area contributed by atoms with E-state index in [1.165, 1.54) is 6.07 Å². The van der Waals surface area contributed by atoms with Gasteiger partial charge in [0.2, 0.25) is 5.95 Å².